The third-order valence-electron chi connectivity index (χ3n) is 2.78. The molecule has 2 atom stereocenters. The van der Waals surface area contributed by atoms with E-state index < -0.39 is 0 Å². The van der Waals surface area contributed by atoms with Gasteiger partial charge in [-0.15, -0.1) is 0 Å². The molecule has 2 aromatic rings. The highest BCUT2D eigenvalue weighted by Gasteiger charge is 2.02. The number of hydrogen-bond acceptors (Lipinski definition) is 4. The summed E-state index contributed by atoms with van der Waals surface area (Å²) in [4.78, 5) is 0. The average Bonchev–Trinajstić information content (AvgIpc) is 2.63. The van der Waals surface area contributed by atoms with E-state index in [0.717, 1.165) is 11.1 Å². The Labute approximate surface area is 152 Å². The summed E-state index contributed by atoms with van der Waals surface area (Å²) < 4.78 is 11.0. The largest absolute Gasteiger partial charge is 0.287 e. The molecule has 0 heterocycles. The zero-order valence-corrected chi connectivity index (χ0v) is 15.2. The molecule has 4 heteroatoms. The molecule has 0 aliphatic heterocycles. The van der Waals surface area contributed by atoms with Crippen LogP contribution in [0.15, 0.2) is 60.7 Å². The summed E-state index contributed by atoms with van der Waals surface area (Å²) in [5, 5.41) is 0. The van der Waals surface area contributed by atoms with Gasteiger partial charge in [-0.2, -0.15) is 0 Å². The zero-order valence-electron chi connectivity index (χ0n) is 13.6. The Hall–Kier alpha value is -1.82. The van der Waals surface area contributed by atoms with Crippen molar-refractivity contribution >= 4 is 22.1 Å². The van der Waals surface area contributed by atoms with Gasteiger partial charge < -0.3 is 0 Å². The molecule has 2 rings (SSSR count). The van der Waals surface area contributed by atoms with Gasteiger partial charge in [0.1, 0.15) is 12.2 Å². The smallest absolute Gasteiger partial charge is 0.131 e. The van der Waals surface area contributed by atoms with Gasteiger partial charge in [-0.3, -0.25) is 8.37 Å². The Bertz CT molecular complexity index is 659. The summed E-state index contributed by atoms with van der Waals surface area (Å²) in [5.74, 6) is 12.2. The first-order valence-corrected chi connectivity index (χ1v) is 9.52. The second-order valence-corrected chi connectivity index (χ2v) is 6.36. The van der Waals surface area contributed by atoms with Gasteiger partial charge in [0.25, 0.3) is 0 Å². The second-order valence-electron chi connectivity index (χ2n) is 4.88. The van der Waals surface area contributed by atoms with E-state index in [1.54, 1.807) is 0 Å². The fourth-order valence-electron chi connectivity index (χ4n) is 1.61. The number of hydrogen-bond donors (Lipinski definition) is 0. The molecule has 0 bridgehead atoms. The van der Waals surface area contributed by atoms with Gasteiger partial charge in [0.15, 0.2) is 0 Å². The lowest BCUT2D eigenvalue weighted by molar-refractivity contribution is 0.324. The first-order valence-electron chi connectivity index (χ1n) is 7.52. The molecular weight excluding hydrogens is 336 g/mol. The fraction of sp³-hybridized carbons (Fsp3) is 0.200. The topological polar surface area (TPSA) is 18.5 Å². The Balaban J connectivity index is 1.66. The normalized spacial score (nSPS) is 12.2. The Kier molecular flexibility index (Phi) is 8.38. The van der Waals surface area contributed by atoms with Gasteiger partial charge in [-0.1, -0.05) is 60.1 Å². The first kappa shape index (κ1) is 18.5. The SMILES string of the molecule is CC(C#Cc1ccccc1)OSSOC(C)C#Cc1ccccc1. The molecule has 0 saturated carbocycles. The highest BCUT2D eigenvalue weighted by atomic mass is 33.1. The van der Waals surface area contributed by atoms with E-state index in [1.165, 1.54) is 22.1 Å². The molecule has 0 fully saturated rings. The molecule has 0 N–H and O–H groups in total. The minimum atomic E-state index is -0.183. The van der Waals surface area contributed by atoms with Crippen LogP contribution in [0.25, 0.3) is 0 Å². The Morgan fingerprint density at radius 1 is 0.667 bits per heavy atom. The van der Waals surface area contributed by atoms with Crippen LogP contribution in [0.4, 0.5) is 0 Å². The summed E-state index contributed by atoms with van der Waals surface area (Å²) in [7, 11) is 0. The fourth-order valence-corrected chi connectivity index (χ4v) is 2.91. The van der Waals surface area contributed by atoms with Crippen molar-refractivity contribution in [2.45, 2.75) is 26.1 Å². The van der Waals surface area contributed by atoms with Crippen LogP contribution in [0.3, 0.4) is 0 Å². The van der Waals surface area contributed by atoms with Gasteiger partial charge >= 0.3 is 0 Å². The molecule has 0 aliphatic rings. The van der Waals surface area contributed by atoms with Crippen LogP contribution in [-0.2, 0) is 8.37 Å². The van der Waals surface area contributed by atoms with Gasteiger partial charge in [0.05, 0.1) is 22.1 Å². The van der Waals surface area contributed by atoms with Gasteiger partial charge in [-0.05, 0) is 38.1 Å². The van der Waals surface area contributed by atoms with Crippen molar-refractivity contribution in [3.05, 3.63) is 71.8 Å². The number of rotatable bonds is 5. The van der Waals surface area contributed by atoms with E-state index in [2.05, 4.69) is 23.7 Å². The van der Waals surface area contributed by atoms with Crippen LogP contribution in [0.5, 0.6) is 0 Å². The maximum atomic E-state index is 5.51. The van der Waals surface area contributed by atoms with Crippen LogP contribution in [0.1, 0.15) is 25.0 Å². The van der Waals surface area contributed by atoms with Gasteiger partial charge in [-0.25, -0.2) is 0 Å². The molecule has 2 nitrogen and oxygen atoms in total. The Morgan fingerprint density at radius 3 is 1.42 bits per heavy atom. The van der Waals surface area contributed by atoms with Crippen molar-refractivity contribution < 1.29 is 8.37 Å². The lowest BCUT2D eigenvalue weighted by atomic mass is 10.2. The van der Waals surface area contributed by atoms with Crippen molar-refractivity contribution in [2.75, 3.05) is 0 Å². The summed E-state index contributed by atoms with van der Waals surface area (Å²) in [6.45, 7) is 3.81. The van der Waals surface area contributed by atoms with E-state index >= 15 is 0 Å². The summed E-state index contributed by atoms with van der Waals surface area (Å²) in [5.41, 5.74) is 1.96. The van der Waals surface area contributed by atoms with Crippen molar-refractivity contribution in [2.24, 2.45) is 0 Å². The highest BCUT2D eigenvalue weighted by Crippen LogP contribution is 2.26. The average molecular weight is 354 g/mol. The predicted molar refractivity (Wildman–Crippen MR) is 103 cm³/mol. The van der Waals surface area contributed by atoms with Crippen LogP contribution < -0.4 is 0 Å². The molecule has 0 spiro atoms. The molecule has 0 radical (unpaired) electrons. The summed E-state index contributed by atoms with van der Waals surface area (Å²) in [6.07, 6.45) is -0.367. The summed E-state index contributed by atoms with van der Waals surface area (Å²) >= 11 is 2.34. The molecule has 24 heavy (non-hydrogen) atoms. The second kappa shape index (κ2) is 10.9. The van der Waals surface area contributed by atoms with Crippen LogP contribution in [0.2, 0.25) is 0 Å². The molecule has 0 saturated heterocycles. The van der Waals surface area contributed by atoms with Crippen LogP contribution >= 0.6 is 22.1 Å². The standard InChI is InChI=1S/C20H18O2S2/c1-17(13-15-19-9-5-3-6-10-19)21-23-24-22-18(2)14-16-20-11-7-4-8-12-20/h3-12,17-18H,1-2H3. The first-order chi connectivity index (χ1) is 11.7. The van der Waals surface area contributed by atoms with E-state index in [0.29, 0.717) is 0 Å². The van der Waals surface area contributed by atoms with Gasteiger partial charge in [0.2, 0.25) is 0 Å². The summed E-state index contributed by atoms with van der Waals surface area (Å²) in [6, 6.07) is 19.7. The highest BCUT2D eigenvalue weighted by molar-refractivity contribution is 8.73. The van der Waals surface area contributed by atoms with Crippen molar-refractivity contribution in [1.82, 2.24) is 0 Å². The maximum absolute atomic E-state index is 5.51. The molecule has 122 valence electrons. The van der Waals surface area contributed by atoms with Crippen LogP contribution in [0, 0.1) is 23.7 Å². The van der Waals surface area contributed by atoms with Crippen molar-refractivity contribution in [3.63, 3.8) is 0 Å². The Morgan fingerprint density at radius 2 is 1.04 bits per heavy atom. The predicted octanol–water partition coefficient (Wildman–Crippen LogP) is 5.11. The molecule has 2 aromatic carbocycles. The minimum Gasteiger partial charge on any atom is -0.287 e. The molecule has 2 unspecified atom stereocenters. The van der Waals surface area contributed by atoms with Crippen molar-refractivity contribution in [3.8, 4) is 23.7 Å². The van der Waals surface area contributed by atoms with E-state index in [1.807, 2.05) is 74.5 Å². The lowest BCUT2D eigenvalue weighted by Gasteiger charge is -2.06. The quantitative estimate of drug-likeness (QED) is 0.321. The molecule has 0 amide bonds. The molecular formula is C20H18O2S2. The maximum Gasteiger partial charge on any atom is 0.131 e. The third-order valence-corrected chi connectivity index (χ3v) is 4.21. The third kappa shape index (κ3) is 7.64. The monoisotopic (exact) mass is 354 g/mol. The van der Waals surface area contributed by atoms with Gasteiger partial charge in [0, 0.05) is 11.1 Å². The lowest BCUT2D eigenvalue weighted by Crippen LogP contribution is -2.00. The zero-order chi connectivity index (χ0) is 17.0. The number of benzene rings is 2. The minimum absolute atomic E-state index is 0.183. The van der Waals surface area contributed by atoms with E-state index in [9.17, 15) is 0 Å². The van der Waals surface area contributed by atoms with E-state index in [-0.39, 0.29) is 12.2 Å². The van der Waals surface area contributed by atoms with E-state index in [4.69, 9.17) is 8.37 Å². The molecule has 0 aromatic heterocycles. The van der Waals surface area contributed by atoms with Crippen molar-refractivity contribution in [1.29, 1.82) is 0 Å². The molecule has 0 aliphatic carbocycles. The van der Waals surface area contributed by atoms with Crippen LogP contribution in [-0.4, -0.2) is 12.2 Å².